The predicted molar refractivity (Wildman–Crippen MR) is 259 cm³/mol. The van der Waals surface area contributed by atoms with Crippen molar-refractivity contribution in [1.29, 1.82) is 0 Å². The van der Waals surface area contributed by atoms with E-state index in [0.717, 1.165) is 46.7 Å². The van der Waals surface area contributed by atoms with Crippen LogP contribution in [0.15, 0.2) is 108 Å². The fourth-order valence-corrected chi connectivity index (χ4v) is 18.5. The van der Waals surface area contributed by atoms with E-state index in [1.54, 1.807) is 11.1 Å². The third-order valence-corrected chi connectivity index (χ3v) is 20.0. The van der Waals surface area contributed by atoms with Crippen molar-refractivity contribution in [2.75, 3.05) is 4.81 Å². The van der Waals surface area contributed by atoms with Crippen molar-refractivity contribution in [3.63, 3.8) is 0 Å². The molecule has 19 rings (SSSR count). The highest BCUT2D eigenvalue weighted by Gasteiger charge is 2.55. The highest BCUT2D eigenvalue weighted by Crippen LogP contribution is 2.64. The molecule has 3 aliphatic heterocycles. The molecule has 11 aliphatic rings. The molecular weight excluding hydrogens is 763 g/mol. The van der Waals surface area contributed by atoms with Crippen LogP contribution in [0.4, 0.5) is 11.4 Å². The summed E-state index contributed by atoms with van der Waals surface area (Å²) in [7, 11) is 0. The van der Waals surface area contributed by atoms with Crippen LogP contribution in [0, 0.1) is 35.5 Å². The normalized spacial score (nSPS) is 31.7. The van der Waals surface area contributed by atoms with Crippen molar-refractivity contribution in [3.8, 4) is 16.8 Å². The number of benzene rings is 6. The molecule has 4 heteroatoms. The van der Waals surface area contributed by atoms with Crippen LogP contribution in [-0.2, 0) is 16.2 Å². The minimum atomic E-state index is -0.140. The summed E-state index contributed by atoms with van der Waals surface area (Å²) < 4.78 is 9.96. The minimum Gasteiger partial charge on any atom is -0.454 e. The lowest BCUT2D eigenvalue weighted by molar-refractivity contribution is -0.00526. The third-order valence-electron chi connectivity index (χ3n) is 20.0. The molecule has 0 radical (unpaired) electrons. The molecule has 8 bridgehead atoms. The van der Waals surface area contributed by atoms with Gasteiger partial charge in [-0.15, -0.1) is 0 Å². The van der Waals surface area contributed by atoms with E-state index in [2.05, 4.69) is 126 Å². The van der Waals surface area contributed by atoms with E-state index in [0.29, 0.717) is 5.41 Å². The van der Waals surface area contributed by atoms with E-state index in [9.17, 15) is 0 Å². The van der Waals surface area contributed by atoms with Gasteiger partial charge in [0.15, 0.2) is 5.58 Å². The largest absolute Gasteiger partial charge is 0.454 e. The summed E-state index contributed by atoms with van der Waals surface area (Å²) in [5.74, 6) is 5.43. The molecule has 63 heavy (non-hydrogen) atoms. The molecule has 0 amide bonds. The SMILES string of the molecule is CC1(C)c2ccccc2N2B3c4c(cc5c(oc6ccccc65)c4-n4c5ccc(C67CC8CC(CC(C8)C6)C7)cc5c5cc(C67CC8CC(CC(C8)C6)C7)cc3c54)-c3cccc1c32. The summed E-state index contributed by atoms with van der Waals surface area (Å²) in [4.78, 5) is 2.83. The van der Waals surface area contributed by atoms with Crippen LogP contribution in [0.2, 0.25) is 0 Å². The van der Waals surface area contributed by atoms with Crippen molar-refractivity contribution in [2.45, 2.75) is 107 Å². The van der Waals surface area contributed by atoms with Gasteiger partial charge in [-0.25, -0.2) is 0 Å². The highest BCUT2D eigenvalue weighted by molar-refractivity contribution is 6.94. The van der Waals surface area contributed by atoms with Gasteiger partial charge in [-0.3, -0.25) is 0 Å². The van der Waals surface area contributed by atoms with Crippen LogP contribution in [0.25, 0.3) is 60.6 Å². The Morgan fingerprint density at radius 1 is 0.540 bits per heavy atom. The van der Waals surface area contributed by atoms with E-state index in [-0.39, 0.29) is 17.7 Å². The van der Waals surface area contributed by atoms with E-state index in [1.165, 1.54) is 160 Å². The number of aromatic nitrogens is 1. The Balaban J connectivity index is 1.04. The van der Waals surface area contributed by atoms with Gasteiger partial charge in [-0.2, -0.15) is 0 Å². The van der Waals surface area contributed by atoms with E-state index in [1.807, 2.05) is 0 Å². The van der Waals surface area contributed by atoms with Crippen molar-refractivity contribution in [1.82, 2.24) is 4.57 Å². The van der Waals surface area contributed by atoms with E-state index in [4.69, 9.17) is 4.42 Å². The predicted octanol–water partition coefficient (Wildman–Crippen LogP) is 13.5. The van der Waals surface area contributed by atoms with Gasteiger partial charge in [0.1, 0.15) is 5.58 Å². The van der Waals surface area contributed by atoms with Gasteiger partial charge >= 0.3 is 6.85 Å². The molecule has 5 heterocycles. The number of fused-ring (bicyclic) bond motifs is 13. The summed E-state index contributed by atoms with van der Waals surface area (Å²) in [5.41, 5.74) is 21.1. The molecular formula is C59H53BN2O. The number of hydrogen-bond acceptors (Lipinski definition) is 2. The lowest BCUT2D eigenvalue weighted by atomic mass is 9.42. The van der Waals surface area contributed by atoms with Gasteiger partial charge in [0.2, 0.25) is 0 Å². The zero-order valence-electron chi connectivity index (χ0n) is 36.6. The van der Waals surface area contributed by atoms with Crippen LogP contribution < -0.4 is 15.7 Å². The van der Waals surface area contributed by atoms with Crippen molar-refractivity contribution >= 4 is 72.9 Å². The fourth-order valence-electron chi connectivity index (χ4n) is 18.5. The summed E-state index contributed by atoms with van der Waals surface area (Å²) in [6.45, 7) is 4.92. The Bertz CT molecular complexity index is 3360. The number of nitrogens with zero attached hydrogens (tertiary/aromatic N) is 2. The zero-order chi connectivity index (χ0) is 40.9. The number of hydrogen-bond donors (Lipinski definition) is 0. The van der Waals surface area contributed by atoms with Gasteiger partial charge in [-0.05, 0) is 199 Å². The molecule has 3 nitrogen and oxygen atoms in total. The molecule has 0 N–H and O–H groups in total. The van der Waals surface area contributed by atoms with Crippen LogP contribution >= 0.6 is 0 Å². The Kier molecular flexibility index (Phi) is 5.97. The maximum Gasteiger partial charge on any atom is 0.333 e. The zero-order valence-corrected chi connectivity index (χ0v) is 36.6. The van der Waals surface area contributed by atoms with Crippen LogP contribution in [0.5, 0.6) is 0 Å². The average Bonchev–Trinajstić information content (AvgIpc) is 3.82. The Morgan fingerprint density at radius 3 is 1.90 bits per heavy atom. The first kappa shape index (κ1) is 34.2. The maximum atomic E-state index is 7.22. The first-order valence-corrected chi connectivity index (χ1v) is 25.0. The molecule has 0 unspecified atom stereocenters. The molecule has 308 valence electrons. The molecule has 8 aromatic rings. The molecule has 6 aromatic carbocycles. The smallest absolute Gasteiger partial charge is 0.333 e. The number of furan rings is 1. The Morgan fingerprint density at radius 2 is 1.17 bits per heavy atom. The van der Waals surface area contributed by atoms with E-state index >= 15 is 0 Å². The minimum absolute atomic E-state index is 0.00862. The summed E-state index contributed by atoms with van der Waals surface area (Å²) >= 11 is 0. The summed E-state index contributed by atoms with van der Waals surface area (Å²) in [6, 6.07) is 41.5. The van der Waals surface area contributed by atoms with Crippen LogP contribution in [0.3, 0.4) is 0 Å². The Hall–Kier alpha value is -5.22. The molecule has 0 atom stereocenters. The topological polar surface area (TPSA) is 21.3 Å². The quantitative estimate of drug-likeness (QED) is 0.162. The van der Waals surface area contributed by atoms with Gasteiger partial charge in [0, 0.05) is 43.9 Å². The lowest BCUT2D eigenvalue weighted by Crippen LogP contribution is -2.62. The van der Waals surface area contributed by atoms with Crippen molar-refractivity contribution in [3.05, 3.63) is 125 Å². The second kappa shape index (κ2) is 11.0. The maximum absolute atomic E-state index is 7.22. The Labute approximate surface area is 369 Å². The fraction of sp³-hybridized carbons (Fsp3) is 0.390. The first-order chi connectivity index (χ1) is 30.8. The third kappa shape index (κ3) is 4.02. The number of anilines is 2. The first-order valence-electron chi connectivity index (χ1n) is 25.0. The summed E-state index contributed by atoms with van der Waals surface area (Å²) in [6.07, 6.45) is 17.2. The standard InChI is InChI=1S/C59H53BN2O/c1-57(2)46-10-4-5-12-50(46)62-53-41(9-7-11-47(53)57)43-25-45-40-8-3-6-13-51(40)63-56(45)55-52(43)60(62)48-24-39(59-29-35-19-36(30-59)21-37(20-35)31-59)23-44-42-22-38(14-15-49(42)61(55)54(44)48)58-26-32-16-33(27-58)18-34(17-32)28-58/h3-15,22-25,32-37H,16-21,26-31H2,1-2H3. The van der Waals surface area contributed by atoms with E-state index < -0.39 is 0 Å². The number of para-hydroxylation sites is 3. The van der Waals surface area contributed by atoms with Crippen LogP contribution in [-0.4, -0.2) is 11.4 Å². The van der Waals surface area contributed by atoms with Gasteiger partial charge in [0.25, 0.3) is 0 Å². The van der Waals surface area contributed by atoms with Crippen LogP contribution in [0.1, 0.15) is 113 Å². The highest BCUT2D eigenvalue weighted by atomic mass is 16.3. The molecule has 0 saturated heterocycles. The molecule has 8 fully saturated rings. The molecule has 8 saturated carbocycles. The van der Waals surface area contributed by atoms with Gasteiger partial charge in [-0.1, -0.05) is 80.6 Å². The second-order valence-electron chi connectivity index (χ2n) is 23.7. The van der Waals surface area contributed by atoms with Crippen molar-refractivity contribution < 1.29 is 4.42 Å². The van der Waals surface area contributed by atoms with Gasteiger partial charge < -0.3 is 13.8 Å². The molecule has 8 aliphatic carbocycles. The van der Waals surface area contributed by atoms with Gasteiger partial charge in [0.05, 0.1) is 16.7 Å². The number of rotatable bonds is 2. The monoisotopic (exact) mass is 816 g/mol. The second-order valence-corrected chi connectivity index (χ2v) is 23.7. The van der Waals surface area contributed by atoms with Crippen molar-refractivity contribution in [2.24, 2.45) is 35.5 Å². The average molecular weight is 817 g/mol. The summed E-state index contributed by atoms with van der Waals surface area (Å²) in [5, 5.41) is 5.41. The lowest BCUT2D eigenvalue weighted by Gasteiger charge is -2.57. The molecule has 0 spiro atoms. The molecule has 2 aromatic heterocycles.